The molecule has 0 N–H and O–H groups in total. The molecule has 16 atom stereocenters. The fourth-order valence-corrected chi connectivity index (χ4v) is 18.2. The molecule has 14 aliphatic rings. The van der Waals surface area contributed by atoms with E-state index in [0.717, 1.165) is 38.5 Å². The molecule has 0 bridgehead atoms. The van der Waals surface area contributed by atoms with E-state index in [-0.39, 0.29) is 23.0 Å². The van der Waals surface area contributed by atoms with Crippen molar-refractivity contribution in [2.75, 3.05) is 0 Å². The van der Waals surface area contributed by atoms with Gasteiger partial charge < -0.3 is 9.64 Å². The third kappa shape index (κ3) is 5.24. The number of rotatable bonds is 5. The van der Waals surface area contributed by atoms with Gasteiger partial charge in [-0.1, -0.05) is 152 Å². The van der Waals surface area contributed by atoms with Crippen molar-refractivity contribution < 1.29 is 4.74 Å². The summed E-state index contributed by atoms with van der Waals surface area (Å²) in [7, 11) is 0. The Morgan fingerprint density at radius 1 is 0.547 bits per heavy atom. The van der Waals surface area contributed by atoms with Crippen molar-refractivity contribution >= 4 is 0 Å². The van der Waals surface area contributed by atoms with E-state index in [0.29, 0.717) is 77.1 Å². The summed E-state index contributed by atoms with van der Waals surface area (Å²) in [6, 6.07) is 0.285. The van der Waals surface area contributed by atoms with Gasteiger partial charge in [-0.15, -0.1) is 0 Å². The molecule has 3 saturated carbocycles. The molecular formula is C62H67NO. The molecular weight excluding hydrogens is 775 g/mol. The Morgan fingerprint density at radius 2 is 1.33 bits per heavy atom. The predicted octanol–water partition coefficient (Wildman–Crippen LogP) is 14.1. The highest BCUT2D eigenvalue weighted by Crippen LogP contribution is 2.75. The summed E-state index contributed by atoms with van der Waals surface area (Å²) in [6.45, 7) is 0. The van der Waals surface area contributed by atoms with Crippen LogP contribution in [0.2, 0.25) is 0 Å². The molecule has 2 heteroatoms. The van der Waals surface area contributed by atoms with E-state index < -0.39 is 0 Å². The Balaban J connectivity index is 0.996. The van der Waals surface area contributed by atoms with E-state index in [2.05, 4.69) is 163 Å². The minimum absolute atomic E-state index is 0.0153. The lowest BCUT2D eigenvalue weighted by atomic mass is 9.53. The van der Waals surface area contributed by atoms with Crippen molar-refractivity contribution in [3.8, 4) is 0 Å². The summed E-state index contributed by atoms with van der Waals surface area (Å²) in [5, 5.41) is 0. The van der Waals surface area contributed by atoms with E-state index in [1.165, 1.54) is 44.9 Å². The minimum atomic E-state index is 0.0153. The van der Waals surface area contributed by atoms with E-state index >= 15 is 0 Å². The molecule has 1 aliphatic heterocycles. The lowest BCUT2D eigenvalue weighted by Gasteiger charge is -2.52. The molecule has 1 saturated heterocycles. The zero-order chi connectivity index (χ0) is 42.0. The van der Waals surface area contributed by atoms with Crippen LogP contribution in [0.25, 0.3) is 0 Å². The standard InChI is InChI=1S/C62H67NO/c1-3-19-40(20-4-1)61(41-21-5-2-6-22-41)50-29-12-10-26-46(50)48-28-17-34-56(60(48)61)63(55-33-18-36-58-59(55)49-27-11-16-35-57(49)64-58)42-37-38-47-45-25-9-15-32-53(45)62(54(47)39-42)51-30-13-7-23-43(51)44-24-8-14-31-52(44)62/h1-7,10-11,13,15,18-19,21,23-24,26-28,30-33,36-38,40-43,45-47,49-51,53-54,57-59H,8-9,12,14,16-17,20,22,25,29,34-35,39H2. The average molecular weight is 842 g/mol. The van der Waals surface area contributed by atoms with E-state index in [1.807, 2.05) is 0 Å². The molecule has 13 aliphatic carbocycles. The third-order valence-electron chi connectivity index (χ3n) is 20.0. The van der Waals surface area contributed by atoms with Gasteiger partial charge in [0, 0.05) is 45.9 Å². The van der Waals surface area contributed by atoms with Crippen LogP contribution in [0, 0.1) is 81.8 Å². The van der Waals surface area contributed by atoms with E-state index in [9.17, 15) is 0 Å². The third-order valence-corrected chi connectivity index (χ3v) is 20.0. The van der Waals surface area contributed by atoms with Gasteiger partial charge in [-0.2, -0.15) is 0 Å². The number of allylic oxidation sites excluding steroid dienone is 28. The van der Waals surface area contributed by atoms with Gasteiger partial charge in [0.15, 0.2) is 0 Å². The molecule has 0 amide bonds. The van der Waals surface area contributed by atoms with Crippen molar-refractivity contribution in [1.82, 2.24) is 4.90 Å². The van der Waals surface area contributed by atoms with Crippen molar-refractivity contribution in [1.29, 1.82) is 0 Å². The number of fused-ring (bicyclic) bond motifs is 16. The van der Waals surface area contributed by atoms with Crippen LogP contribution in [0.4, 0.5) is 0 Å². The SMILES string of the molecule is C1=CCC(C2(C3C=CC=CC3)C3=C(N(C4=CC=CC5OC6CCC=CC6C45)C4C=CC5C6CCC=CC6C6(C7=CCCC=C7C7C=CC=CC76)C5C4)CCC=C3C3C=CCCC32)C=C1. The smallest absolute Gasteiger partial charge is 0.0852 e. The Hall–Kier alpha value is -4.40. The van der Waals surface area contributed by atoms with Crippen molar-refractivity contribution in [2.45, 2.75) is 102 Å². The Morgan fingerprint density at radius 3 is 2.20 bits per heavy atom. The first-order valence-electron chi connectivity index (χ1n) is 26.2. The largest absolute Gasteiger partial charge is 0.370 e. The maximum Gasteiger partial charge on any atom is 0.0852 e. The first-order chi connectivity index (χ1) is 31.8. The fourth-order valence-electron chi connectivity index (χ4n) is 18.2. The first-order valence-corrected chi connectivity index (χ1v) is 26.2. The summed E-state index contributed by atoms with van der Waals surface area (Å²) < 4.78 is 7.12. The number of hydrogen-bond donors (Lipinski definition) is 0. The first kappa shape index (κ1) is 38.8. The molecule has 64 heavy (non-hydrogen) atoms. The molecule has 0 aromatic rings. The summed E-state index contributed by atoms with van der Waals surface area (Å²) in [5.41, 5.74) is 10.2. The lowest BCUT2D eigenvalue weighted by molar-refractivity contribution is 0.0503. The molecule has 0 aromatic heterocycles. The van der Waals surface area contributed by atoms with Crippen molar-refractivity contribution in [2.24, 2.45) is 81.8 Å². The molecule has 4 fully saturated rings. The minimum Gasteiger partial charge on any atom is -0.370 e. The van der Waals surface area contributed by atoms with Gasteiger partial charge in [0.2, 0.25) is 0 Å². The van der Waals surface area contributed by atoms with Crippen LogP contribution in [-0.2, 0) is 4.74 Å². The Labute approximate surface area is 383 Å². The highest BCUT2D eigenvalue weighted by molar-refractivity contribution is 5.58. The van der Waals surface area contributed by atoms with Crippen LogP contribution in [0.15, 0.2) is 192 Å². The van der Waals surface area contributed by atoms with Crippen LogP contribution < -0.4 is 0 Å². The maximum atomic E-state index is 7.12. The zero-order valence-corrected chi connectivity index (χ0v) is 37.7. The quantitative estimate of drug-likeness (QED) is 0.256. The van der Waals surface area contributed by atoms with Gasteiger partial charge in [0.1, 0.15) is 0 Å². The molecule has 1 heterocycles. The maximum absolute atomic E-state index is 7.12. The highest BCUT2D eigenvalue weighted by Gasteiger charge is 2.69. The fraction of sp³-hybridized carbons (Fsp3) is 0.484. The van der Waals surface area contributed by atoms with Crippen LogP contribution in [0.3, 0.4) is 0 Å². The summed E-state index contributed by atoms with van der Waals surface area (Å²) >= 11 is 0. The van der Waals surface area contributed by atoms with Gasteiger partial charge in [-0.3, -0.25) is 0 Å². The second-order valence-electron chi connectivity index (χ2n) is 22.2. The van der Waals surface area contributed by atoms with Crippen molar-refractivity contribution in [3.63, 3.8) is 0 Å². The second-order valence-corrected chi connectivity index (χ2v) is 22.2. The number of ether oxygens (including phenoxy) is 1. The predicted molar refractivity (Wildman–Crippen MR) is 261 cm³/mol. The second kappa shape index (κ2) is 15.1. The molecule has 326 valence electrons. The number of nitrogens with zero attached hydrogens (tertiary/aromatic N) is 1. The summed E-state index contributed by atoms with van der Waals surface area (Å²) in [4.78, 5) is 3.10. The van der Waals surface area contributed by atoms with E-state index in [1.54, 1.807) is 33.7 Å². The van der Waals surface area contributed by atoms with Gasteiger partial charge in [0.25, 0.3) is 0 Å². The normalized spacial score (nSPS) is 46.7. The van der Waals surface area contributed by atoms with Gasteiger partial charge in [-0.25, -0.2) is 0 Å². The van der Waals surface area contributed by atoms with Crippen LogP contribution in [-0.4, -0.2) is 23.1 Å². The highest BCUT2D eigenvalue weighted by atomic mass is 16.5. The van der Waals surface area contributed by atoms with Crippen LogP contribution in [0.1, 0.15) is 83.5 Å². The molecule has 1 spiro atoms. The average Bonchev–Trinajstić information content (AvgIpc) is 4.08. The van der Waals surface area contributed by atoms with Gasteiger partial charge >= 0.3 is 0 Å². The monoisotopic (exact) mass is 842 g/mol. The molecule has 2 nitrogen and oxygen atoms in total. The van der Waals surface area contributed by atoms with Crippen LogP contribution in [0.5, 0.6) is 0 Å². The molecule has 16 unspecified atom stereocenters. The van der Waals surface area contributed by atoms with Gasteiger partial charge in [0.05, 0.1) is 18.2 Å². The number of hydrogen-bond acceptors (Lipinski definition) is 2. The summed E-state index contributed by atoms with van der Waals surface area (Å²) in [6.07, 6.45) is 82.5. The molecule has 0 aromatic carbocycles. The van der Waals surface area contributed by atoms with Gasteiger partial charge in [-0.05, 0) is 159 Å². The summed E-state index contributed by atoms with van der Waals surface area (Å²) in [5.74, 6) is 6.27. The van der Waals surface area contributed by atoms with Crippen LogP contribution >= 0.6 is 0 Å². The Bertz CT molecular complexity index is 2460. The molecule has 0 radical (unpaired) electrons. The Kier molecular flexibility index (Phi) is 9.14. The van der Waals surface area contributed by atoms with Crippen molar-refractivity contribution in [3.05, 3.63) is 192 Å². The molecule has 14 rings (SSSR count). The topological polar surface area (TPSA) is 12.5 Å². The lowest BCUT2D eigenvalue weighted by Crippen LogP contribution is -2.48. The van der Waals surface area contributed by atoms with E-state index in [4.69, 9.17) is 4.74 Å². The zero-order valence-electron chi connectivity index (χ0n) is 37.7.